The van der Waals surface area contributed by atoms with E-state index in [4.69, 9.17) is 5.73 Å². The molecule has 5 nitrogen and oxygen atoms in total. The number of nitrogens with two attached hydrogens (primary N) is 1. The van der Waals surface area contributed by atoms with Crippen molar-refractivity contribution in [2.45, 2.75) is 26.3 Å². The van der Waals surface area contributed by atoms with E-state index >= 15 is 0 Å². The van der Waals surface area contributed by atoms with Crippen LogP contribution in [0.1, 0.15) is 19.4 Å². The van der Waals surface area contributed by atoms with E-state index < -0.39 is 5.54 Å². The first-order chi connectivity index (χ1) is 7.89. The van der Waals surface area contributed by atoms with Gasteiger partial charge in [-0.25, -0.2) is 0 Å². The van der Waals surface area contributed by atoms with Crippen LogP contribution in [0.3, 0.4) is 0 Å². The van der Waals surface area contributed by atoms with Gasteiger partial charge in [-0.1, -0.05) is 6.07 Å². The number of nitrogens with one attached hydrogen (secondary N) is 1. The van der Waals surface area contributed by atoms with Crippen molar-refractivity contribution in [3.8, 4) is 0 Å². The molecule has 0 fully saturated rings. The summed E-state index contributed by atoms with van der Waals surface area (Å²) in [6.45, 7) is 6.08. The molecule has 1 heterocycles. The highest BCUT2D eigenvalue weighted by Crippen LogP contribution is 2.13. The number of carbonyl (C=O) groups is 1. The summed E-state index contributed by atoms with van der Waals surface area (Å²) < 4.78 is 1.44. The predicted octanol–water partition coefficient (Wildman–Crippen LogP) is -0.0333. The third-order valence-corrected chi connectivity index (χ3v) is 2.65. The minimum Gasteiger partial charge on any atom is -0.353 e. The summed E-state index contributed by atoms with van der Waals surface area (Å²) in [5, 5.41) is 2.69. The summed E-state index contributed by atoms with van der Waals surface area (Å²) in [4.78, 5) is 23.7. The second-order valence-electron chi connectivity index (χ2n) is 4.52. The second-order valence-corrected chi connectivity index (χ2v) is 4.52. The number of rotatable bonds is 4. The van der Waals surface area contributed by atoms with E-state index in [-0.39, 0.29) is 11.5 Å². The largest absolute Gasteiger partial charge is 0.353 e. The number of carbonyl (C=O) groups excluding carboxylic acids is 1. The molecule has 1 aromatic rings. The Morgan fingerprint density at radius 1 is 1.47 bits per heavy atom. The smallest absolute Gasteiger partial charge is 0.251 e. The summed E-state index contributed by atoms with van der Waals surface area (Å²) >= 11 is 0. The summed E-state index contributed by atoms with van der Waals surface area (Å²) in [6.07, 6.45) is 1.68. The number of hydrogen-bond acceptors (Lipinski definition) is 3. The van der Waals surface area contributed by atoms with Gasteiger partial charge < -0.3 is 15.6 Å². The first kappa shape index (κ1) is 13.4. The van der Waals surface area contributed by atoms with Crippen LogP contribution in [0.25, 0.3) is 0 Å². The number of nitrogens with zero attached hydrogens (tertiary/aromatic N) is 1. The molecule has 0 bridgehead atoms. The zero-order valence-electron chi connectivity index (χ0n) is 10.5. The highest BCUT2D eigenvalue weighted by molar-refractivity contribution is 5.83. The van der Waals surface area contributed by atoms with Crippen molar-refractivity contribution < 1.29 is 4.79 Å². The summed E-state index contributed by atoms with van der Waals surface area (Å²) in [5.41, 5.74) is 5.15. The number of aromatic nitrogens is 1. The minimum atomic E-state index is -0.918. The van der Waals surface area contributed by atoms with Crippen LogP contribution in [0.15, 0.2) is 23.1 Å². The Balaban J connectivity index is 3.07. The molecule has 0 aliphatic heterocycles. The number of amides is 1. The first-order valence-corrected chi connectivity index (χ1v) is 5.57. The zero-order valence-corrected chi connectivity index (χ0v) is 10.5. The Labute approximate surface area is 101 Å². The summed E-state index contributed by atoms with van der Waals surface area (Å²) in [7, 11) is 0. The molecular formula is C12H19N3O2. The van der Waals surface area contributed by atoms with Crippen molar-refractivity contribution in [3.63, 3.8) is 0 Å². The van der Waals surface area contributed by atoms with Crippen molar-refractivity contribution in [2.75, 3.05) is 13.1 Å². The molecule has 3 N–H and O–H groups in total. The molecule has 0 unspecified atom stereocenters. The lowest BCUT2D eigenvalue weighted by atomic mass is 10.0. The summed E-state index contributed by atoms with van der Waals surface area (Å²) in [6, 6.07) is 3.19. The average molecular weight is 237 g/mol. The third-order valence-electron chi connectivity index (χ3n) is 2.65. The predicted molar refractivity (Wildman–Crippen MR) is 66.8 cm³/mol. The van der Waals surface area contributed by atoms with Gasteiger partial charge in [-0.3, -0.25) is 9.59 Å². The maximum absolute atomic E-state index is 12.0. The van der Waals surface area contributed by atoms with E-state index in [0.717, 1.165) is 5.56 Å². The second kappa shape index (κ2) is 5.14. The number of aryl methyl sites for hydroxylation is 1. The van der Waals surface area contributed by atoms with Crippen molar-refractivity contribution in [1.82, 2.24) is 9.88 Å². The molecule has 5 heteroatoms. The van der Waals surface area contributed by atoms with Crippen LogP contribution in [-0.4, -0.2) is 23.6 Å². The van der Waals surface area contributed by atoms with Crippen LogP contribution < -0.4 is 16.6 Å². The van der Waals surface area contributed by atoms with Gasteiger partial charge >= 0.3 is 0 Å². The highest BCUT2D eigenvalue weighted by atomic mass is 16.2. The van der Waals surface area contributed by atoms with Crippen LogP contribution >= 0.6 is 0 Å². The third kappa shape index (κ3) is 2.94. The van der Waals surface area contributed by atoms with Gasteiger partial charge in [0.1, 0.15) is 5.54 Å². The molecule has 0 atom stereocenters. The standard InChI is InChI=1S/C12H19N3O2/c1-9-4-5-10(16)15(8-9)12(2,3)11(17)14-7-6-13/h4-5,8H,6-7,13H2,1-3H3,(H,14,17). The van der Waals surface area contributed by atoms with Gasteiger partial charge in [0, 0.05) is 25.4 Å². The van der Waals surface area contributed by atoms with Gasteiger partial charge in [0.05, 0.1) is 0 Å². The fraction of sp³-hybridized carbons (Fsp3) is 0.500. The quantitative estimate of drug-likeness (QED) is 0.772. The average Bonchev–Trinajstić information content (AvgIpc) is 2.28. The normalized spacial score (nSPS) is 11.3. The van der Waals surface area contributed by atoms with Crippen LogP contribution in [-0.2, 0) is 10.3 Å². The molecule has 0 aromatic carbocycles. The Morgan fingerprint density at radius 3 is 2.71 bits per heavy atom. The van der Waals surface area contributed by atoms with Crippen LogP contribution in [0.4, 0.5) is 0 Å². The van der Waals surface area contributed by atoms with Crippen molar-refractivity contribution in [1.29, 1.82) is 0 Å². The molecule has 0 aliphatic carbocycles. The van der Waals surface area contributed by atoms with E-state index in [2.05, 4.69) is 5.32 Å². The maximum atomic E-state index is 12.0. The van der Waals surface area contributed by atoms with Crippen LogP contribution in [0.2, 0.25) is 0 Å². The monoisotopic (exact) mass is 237 g/mol. The number of hydrogen-bond donors (Lipinski definition) is 2. The molecule has 17 heavy (non-hydrogen) atoms. The highest BCUT2D eigenvalue weighted by Gasteiger charge is 2.29. The molecule has 1 rings (SSSR count). The molecule has 0 spiro atoms. The van der Waals surface area contributed by atoms with E-state index in [1.54, 1.807) is 26.1 Å². The topological polar surface area (TPSA) is 77.1 Å². The van der Waals surface area contributed by atoms with E-state index in [1.165, 1.54) is 10.6 Å². The molecule has 1 aromatic heterocycles. The van der Waals surface area contributed by atoms with Gasteiger partial charge in [0.2, 0.25) is 5.91 Å². The van der Waals surface area contributed by atoms with E-state index in [1.807, 2.05) is 6.92 Å². The lowest BCUT2D eigenvalue weighted by molar-refractivity contribution is -0.128. The Hall–Kier alpha value is -1.62. The zero-order chi connectivity index (χ0) is 13.1. The Morgan fingerprint density at radius 2 is 2.12 bits per heavy atom. The minimum absolute atomic E-state index is 0.191. The Bertz CT molecular complexity index is 463. The van der Waals surface area contributed by atoms with Gasteiger partial charge in [-0.15, -0.1) is 0 Å². The van der Waals surface area contributed by atoms with Crippen molar-refractivity contribution in [3.05, 3.63) is 34.2 Å². The van der Waals surface area contributed by atoms with Gasteiger partial charge in [-0.2, -0.15) is 0 Å². The molecular weight excluding hydrogens is 218 g/mol. The molecule has 1 amide bonds. The molecule has 0 saturated heterocycles. The fourth-order valence-electron chi connectivity index (χ4n) is 1.54. The lowest BCUT2D eigenvalue weighted by Gasteiger charge is -2.26. The van der Waals surface area contributed by atoms with Crippen LogP contribution in [0, 0.1) is 6.92 Å². The van der Waals surface area contributed by atoms with Gasteiger partial charge in [0.15, 0.2) is 0 Å². The van der Waals surface area contributed by atoms with Crippen molar-refractivity contribution >= 4 is 5.91 Å². The van der Waals surface area contributed by atoms with E-state index in [9.17, 15) is 9.59 Å². The molecule has 0 aliphatic rings. The maximum Gasteiger partial charge on any atom is 0.251 e. The van der Waals surface area contributed by atoms with E-state index in [0.29, 0.717) is 13.1 Å². The van der Waals surface area contributed by atoms with Gasteiger partial charge in [-0.05, 0) is 26.3 Å². The van der Waals surface area contributed by atoms with Gasteiger partial charge in [0.25, 0.3) is 5.56 Å². The lowest BCUT2D eigenvalue weighted by Crippen LogP contribution is -2.49. The fourth-order valence-corrected chi connectivity index (χ4v) is 1.54. The molecule has 0 saturated carbocycles. The number of pyridine rings is 1. The first-order valence-electron chi connectivity index (χ1n) is 5.57. The molecule has 94 valence electrons. The molecule has 0 radical (unpaired) electrons. The van der Waals surface area contributed by atoms with Crippen molar-refractivity contribution in [2.24, 2.45) is 5.73 Å². The SMILES string of the molecule is Cc1ccc(=O)n(C(C)(C)C(=O)NCCN)c1. The van der Waals surface area contributed by atoms with Crippen LogP contribution in [0.5, 0.6) is 0 Å². The summed E-state index contributed by atoms with van der Waals surface area (Å²) in [5.74, 6) is -0.212. The Kier molecular flexibility index (Phi) is 4.07.